The number of aryl methyl sites for hydroxylation is 1. The van der Waals surface area contributed by atoms with Gasteiger partial charge >= 0.3 is 0 Å². The van der Waals surface area contributed by atoms with Crippen molar-refractivity contribution in [2.75, 3.05) is 14.2 Å². The van der Waals surface area contributed by atoms with Crippen LogP contribution in [0, 0.1) is 6.92 Å². The van der Waals surface area contributed by atoms with E-state index >= 15 is 0 Å². The third-order valence-electron chi connectivity index (χ3n) is 3.35. The summed E-state index contributed by atoms with van der Waals surface area (Å²) in [5.41, 5.74) is 2.70. The van der Waals surface area contributed by atoms with E-state index in [1.165, 1.54) is 7.11 Å². The number of methoxy groups -OCH3 is 2. The highest BCUT2D eigenvalue weighted by Gasteiger charge is 2.16. The zero-order valence-corrected chi connectivity index (χ0v) is 12.5. The first-order valence-electron chi connectivity index (χ1n) is 6.71. The fourth-order valence-electron chi connectivity index (χ4n) is 2.15. The summed E-state index contributed by atoms with van der Waals surface area (Å²) in [5, 5.41) is 2.91. The van der Waals surface area contributed by atoms with Crippen molar-refractivity contribution in [2.45, 2.75) is 13.5 Å². The van der Waals surface area contributed by atoms with Gasteiger partial charge in [-0.3, -0.25) is 4.79 Å². The van der Waals surface area contributed by atoms with Crippen molar-refractivity contribution >= 4 is 5.91 Å². The Morgan fingerprint density at radius 1 is 1.05 bits per heavy atom. The molecule has 0 aliphatic carbocycles. The number of nitrogens with one attached hydrogen (secondary N) is 1. The molecule has 0 bridgehead atoms. The molecular formula is C17H19NO3. The zero-order chi connectivity index (χ0) is 15.2. The summed E-state index contributed by atoms with van der Waals surface area (Å²) in [4.78, 5) is 12.3. The van der Waals surface area contributed by atoms with E-state index in [1.54, 1.807) is 25.3 Å². The minimum absolute atomic E-state index is 0.186. The highest BCUT2D eigenvalue weighted by molar-refractivity contribution is 5.97. The number of carbonyl (C=O) groups is 1. The molecule has 2 rings (SSSR count). The Morgan fingerprint density at radius 3 is 2.48 bits per heavy atom. The lowest BCUT2D eigenvalue weighted by atomic mass is 10.1. The zero-order valence-electron chi connectivity index (χ0n) is 12.5. The minimum atomic E-state index is -0.186. The van der Waals surface area contributed by atoms with Crippen molar-refractivity contribution in [2.24, 2.45) is 0 Å². The maximum absolute atomic E-state index is 12.3. The van der Waals surface area contributed by atoms with E-state index in [1.807, 2.05) is 31.2 Å². The summed E-state index contributed by atoms with van der Waals surface area (Å²) in [6.07, 6.45) is 0. The maximum atomic E-state index is 12.3. The maximum Gasteiger partial charge on any atom is 0.255 e. The van der Waals surface area contributed by atoms with Crippen molar-refractivity contribution in [1.82, 2.24) is 5.32 Å². The Bertz CT molecular complexity index is 638. The standard InChI is InChI=1S/C17H19NO3/c1-12-7-4-5-8-13(12)11-18-17(19)14-9-6-10-15(20-2)16(14)21-3/h4-10H,11H2,1-3H3,(H,18,19). The molecule has 0 unspecified atom stereocenters. The third-order valence-corrected chi connectivity index (χ3v) is 3.35. The molecular weight excluding hydrogens is 266 g/mol. The van der Waals surface area contributed by atoms with Crippen molar-refractivity contribution in [1.29, 1.82) is 0 Å². The first-order valence-corrected chi connectivity index (χ1v) is 6.71. The molecule has 21 heavy (non-hydrogen) atoms. The monoisotopic (exact) mass is 285 g/mol. The lowest BCUT2D eigenvalue weighted by Crippen LogP contribution is -2.23. The van der Waals surface area contributed by atoms with Crippen molar-refractivity contribution in [3.63, 3.8) is 0 Å². The number of hydrogen-bond acceptors (Lipinski definition) is 3. The molecule has 0 aliphatic rings. The average Bonchev–Trinajstić information content (AvgIpc) is 2.52. The van der Waals surface area contributed by atoms with Gasteiger partial charge in [0.1, 0.15) is 0 Å². The Morgan fingerprint density at radius 2 is 1.81 bits per heavy atom. The molecule has 0 atom stereocenters. The van der Waals surface area contributed by atoms with Crippen LogP contribution in [0.25, 0.3) is 0 Å². The number of ether oxygens (including phenoxy) is 2. The van der Waals surface area contributed by atoms with E-state index in [9.17, 15) is 4.79 Å². The van der Waals surface area contributed by atoms with Gasteiger partial charge in [-0.15, -0.1) is 0 Å². The second kappa shape index (κ2) is 6.79. The summed E-state index contributed by atoms with van der Waals surface area (Å²) in [5.74, 6) is 0.803. The van der Waals surface area contributed by atoms with Gasteiger partial charge in [-0.2, -0.15) is 0 Å². The van der Waals surface area contributed by atoms with E-state index in [-0.39, 0.29) is 5.91 Å². The predicted octanol–water partition coefficient (Wildman–Crippen LogP) is 2.94. The number of amides is 1. The van der Waals surface area contributed by atoms with Gasteiger partial charge in [0.2, 0.25) is 0 Å². The Labute approximate surface area is 124 Å². The van der Waals surface area contributed by atoms with Crippen molar-refractivity contribution < 1.29 is 14.3 Å². The van der Waals surface area contributed by atoms with Crippen LogP contribution in [0.2, 0.25) is 0 Å². The first-order chi connectivity index (χ1) is 10.2. The minimum Gasteiger partial charge on any atom is -0.493 e. The molecule has 0 saturated heterocycles. The van der Waals surface area contributed by atoms with Crippen LogP contribution in [0.3, 0.4) is 0 Å². The largest absolute Gasteiger partial charge is 0.493 e. The van der Waals surface area contributed by atoms with Crippen LogP contribution in [0.4, 0.5) is 0 Å². The second-order valence-corrected chi connectivity index (χ2v) is 4.65. The van der Waals surface area contributed by atoms with E-state index in [2.05, 4.69) is 5.32 Å². The van der Waals surface area contributed by atoms with Gasteiger partial charge in [0.05, 0.1) is 19.8 Å². The normalized spacial score (nSPS) is 10.0. The van der Waals surface area contributed by atoms with Crippen LogP contribution in [-0.2, 0) is 6.54 Å². The SMILES string of the molecule is COc1cccc(C(=O)NCc2ccccc2C)c1OC. The van der Waals surface area contributed by atoms with Crippen LogP contribution >= 0.6 is 0 Å². The van der Waals surface area contributed by atoms with E-state index in [0.717, 1.165) is 11.1 Å². The summed E-state index contributed by atoms with van der Waals surface area (Å²) in [6.45, 7) is 2.50. The topological polar surface area (TPSA) is 47.6 Å². The highest BCUT2D eigenvalue weighted by Crippen LogP contribution is 2.30. The van der Waals surface area contributed by atoms with Gasteiger partial charge in [0, 0.05) is 6.54 Å². The molecule has 4 heteroatoms. The molecule has 2 aromatic carbocycles. The number of carbonyl (C=O) groups excluding carboxylic acids is 1. The Kier molecular flexibility index (Phi) is 4.82. The quantitative estimate of drug-likeness (QED) is 0.918. The van der Waals surface area contributed by atoms with Crippen molar-refractivity contribution in [3.05, 3.63) is 59.2 Å². The van der Waals surface area contributed by atoms with Crippen LogP contribution in [0.1, 0.15) is 21.5 Å². The molecule has 1 amide bonds. The fourth-order valence-corrected chi connectivity index (χ4v) is 2.15. The molecule has 1 N–H and O–H groups in total. The lowest BCUT2D eigenvalue weighted by Gasteiger charge is -2.13. The number of para-hydroxylation sites is 1. The number of hydrogen-bond donors (Lipinski definition) is 1. The smallest absolute Gasteiger partial charge is 0.255 e. The van der Waals surface area contributed by atoms with Crippen LogP contribution in [-0.4, -0.2) is 20.1 Å². The molecule has 0 aromatic heterocycles. The average molecular weight is 285 g/mol. The van der Waals surface area contributed by atoms with Crippen LogP contribution in [0.15, 0.2) is 42.5 Å². The lowest BCUT2D eigenvalue weighted by molar-refractivity contribution is 0.0947. The summed E-state index contributed by atoms with van der Waals surface area (Å²) in [6, 6.07) is 13.2. The highest BCUT2D eigenvalue weighted by atomic mass is 16.5. The second-order valence-electron chi connectivity index (χ2n) is 4.65. The Hall–Kier alpha value is -2.49. The molecule has 0 fully saturated rings. The van der Waals surface area contributed by atoms with Gasteiger partial charge in [-0.1, -0.05) is 30.3 Å². The predicted molar refractivity (Wildman–Crippen MR) is 81.9 cm³/mol. The van der Waals surface area contributed by atoms with Gasteiger partial charge in [0.25, 0.3) is 5.91 Å². The molecule has 0 saturated carbocycles. The summed E-state index contributed by atoms with van der Waals surface area (Å²) < 4.78 is 10.5. The molecule has 0 aliphatic heterocycles. The number of rotatable bonds is 5. The van der Waals surface area contributed by atoms with E-state index in [4.69, 9.17) is 9.47 Å². The summed E-state index contributed by atoms with van der Waals surface area (Å²) in [7, 11) is 3.07. The first kappa shape index (κ1) is 14.9. The van der Waals surface area contributed by atoms with Crippen LogP contribution in [0.5, 0.6) is 11.5 Å². The fraction of sp³-hybridized carbons (Fsp3) is 0.235. The molecule has 2 aromatic rings. The summed E-state index contributed by atoms with van der Waals surface area (Å²) >= 11 is 0. The van der Waals surface area contributed by atoms with Crippen molar-refractivity contribution in [3.8, 4) is 11.5 Å². The molecule has 0 radical (unpaired) electrons. The van der Waals surface area contributed by atoms with Gasteiger partial charge < -0.3 is 14.8 Å². The van der Waals surface area contributed by atoms with Crippen LogP contribution < -0.4 is 14.8 Å². The molecule has 110 valence electrons. The molecule has 0 heterocycles. The molecule has 4 nitrogen and oxygen atoms in total. The van der Waals surface area contributed by atoms with Gasteiger partial charge in [-0.05, 0) is 30.2 Å². The molecule has 0 spiro atoms. The Balaban J connectivity index is 2.16. The number of benzene rings is 2. The van der Waals surface area contributed by atoms with Gasteiger partial charge in [-0.25, -0.2) is 0 Å². The van der Waals surface area contributed by atoms with Gasteiger partial charge in [0.15, 0.2) is 11.5 Å². The third kappa shape index (κ3) is 3.34. The van der Waals surface area contributed by atoms with E-state index < -0.39 is 0 Å². The van der Waals surface area contributed by atoms with E-state index in [0.29, 0.717) is 23.6 Å².